The first kappa shape index (κ1) is 28.6. The van der Waals surface area contributed by atoms with E-state index >= 15 is 0 Å². The summed E-state index contributed by atoms with van der Waals surface area (Å²) in [6.45, 7) is -0.455. The van der Waals surface area contributed by atoms with E-state index in [1.807, 2.05) is 0 Å². The average Bonchev–Trinajstić information content (AvgIpc) is 3.47. The molecule has 9 atom stereocenters. The molecule has 2 aromatic rings. The minimum absolute atomic E-state index is 0.00901. The molecular weight excluding hydrogens is 532 g/mol. The molecular formula is C27H34O13. The van der Waals surface area contributed by atoms with E-state index in [4.69, 9.17) is 33.2 Å². The van der Waals surface area contributed by atoms with Crippen molar-refractivity contribution in [3.8, 4) is 28.7 Å². The highest BCUT2D eigenvalue weighted by atomic mass is 16.7. The molecule has 13 heteroatoms. The van der Waals surface area contributed by atoms with Gasteiger partial charge in [-0.3, -0.25) is 0 Å². The van der Waals surface area contributed by atoms with Crippen LogP contribution in [0, 0.1) is 5.92 Å². The molecule has 0 saturated carbocycles. The van der Waals surface area contributed by atoms with E-state index in [1.54, 1.807) is 24.3 Å². The molecule has 3 saturated heterocycles. The highest BCUT2D eigenvalue weighted by Gasteiger charge is 2.59. The molecule has 3 aliphatic rings. The molecule has 0 bridgehead atoms. The van der Waals surface area contributed by atoms with Crippen LogP contribution in [0.25, 0.3) is 0 Å². The van der Waals surface area contributed by atoms with Gasteiger partial charge in [0.2, 0.25) is 12.0 Å². The van der Waals surface area contributed by atoms with Gasteiger partial charge >= 0.3 is 0 Å². The second kappa shape index (κ2) is 11.2. The molecule has 0 spiro atoms. The van der Waals surface area contributed by atoms with Crippen LogP contribution in [0.1, 0.15) is 23.3 Å². The second-order valence-corrected chi connectivity index (χ2v) is 10.0. The van der Waals surface area contributed by atoms with Gasteiger partial charge < -0.3 is 63.8 Å². The van der Waals surface area contributed by atoms with Gasteiger partial charge in [0, 0.05) is 5.92 Å². The Balaban J connectivity index is 1.42. The summed E-state index contributed by atoms with van der Waals surface area (Å²) >= 11 is 0. The summed E-state index contributed by atoms with van der Waals surface area (Å²) in [5.41, 5.74) is -0.184. The Morgan fingerprint density at radius 1 is 0.875 bits per heavy atom. The van der Waals surface area contributed by atoms with Crippen LogP contribution in [0.4, 0.5) is 0 Å². The number of rotatable bonds is 8. The number of phenolic OH excluding ortho intramolecular Hbond substituents is 1. The summed E-state index contributed by atoms with van der Waals surface area (Å²) in [6, 6.07) is 8.05. The highest BCUT2D eigenvalue weighted by molar-refractivity contribution is 5.55. The van der Waals surface area contributed by atoms with Crippen LogP contribution >= 0.6 is 0 Å². The molecule has 0 aromatic heterocycles. The maximum atomic E-state index is 11.8. The zero-order valence-corrected chi connectivity index (χ0v) is 22.2. The first-order valence-corrected chi connectivity index (χ1v) is 12.7. The summed E-state index contributed by atoms with van der Waals surface area (Å²) in [4.78, 5) is 0. The molecule has 2 aromatic carbocycles. The number of aromatic hydroxyl groups is 1. The highest BCUT2D eigenvalue weighted by Crippen LogP contribution is 2.55. The van der Waals surface area contributed by atoms with Gasteiger partial charge in [0.15, 0.2) is 23.0 Å². The molecule has 0 radical (unpaired) electrons. The number of aliphatic hydroxyl groups excluding tert-OH is 4. The number of fused-ring (bicyclic) bond motifs is 1. The lowest BCUT2D eigenvalue weighted by Crippen LogP contribution is -2.60. The lowest BCUT2D eigenvalue weighted by Gasteiger charge is -2.39. The average molecular weight is 567 g/mol. The third-order valence-electron chi connectivity index (χ3n) is 7.80. The van der Waals surface area contributed by atoms with Gasteiger partial charge in [-0.1, -0.05) is 6.07 Å². The molecule has 3 heterocycles. The molecule has 0 aliphatic carbocycles. The van der Waals surface area contributed by atoms with Gasteiger partial charge in [-0.25, -0.2) is 0 Å². The van der Waals surface area contributed by atoms with E-state index in [0.29, 0.717) is 5.56 Å². The van der Waals surface area contributed by atoms with Crippen LogP contribution in [0.5, 0.6) is 28.7 Å². The Morgan fingerprint density at radius 2 is 1.52 bits per heavy atom. The van der Waals surface area contributed by atoms with E-state index < -0.39 is 61.0 Å². The molecule has 5 rings (SSSR count). The Hall–Kier alpha value is -2.88. The molecule has 220 valence electrons. The van der Waals surface area contributed by atoms with Gasteiger partial charge in [0.25, 0.3) is 0 Å². The fraction of sp³-hybridized carbons (Fsp3) is 0.556. The number of hydrogen-bond donors (Lipinski definition) is 6. The van der Waals surface area contributed by atoms with Crippen molar-refractivity contribution < 1.29 is 63.8 Å². The number of methoxy groups -OCH3 is 3. The molecule has 40 heavy (non-hydrogen) atoms. The minimum atomic E-state index is -1.64. The SMILES string of the molecule is COc1cc([C@H]2OC[C@]3(O)[C@@H](c4cc(OC)c(O[C@H]5O[C@@H](CO)[C@H](O)[C@@H](O)[C@@H]5O)c(OC)c4)OC[C@H]23)ccc1O. The molecule has 0 amide bonds. The van der Waals surface area contributed by atoms with Gasteiger partial charge in [-0.05, 0) is 35.4 Å². The fourth-order valence-corrected chi connectivity index (χ4v) is 5.59. The topological polar surface area (TPSA) is 186 Å². The zero-order valence-electron chi connectivity index (χ0n) is 22.2. The van der Waals surface area contributed by atoms with Crippen molar-refractivity contribution in [1.29, 1.82) is 0 Å². The third-order valence-corrected chi connectivity index (χ3v) is 7.80. The van der Waals surface area contributed by atoms with Crippen molar-refractivity contribution in [3.63, 3.8) is 0 Å². The molecule has 3 aliphatic heterocycles. The Labute approximate surface area is 230 Å². The summed E-state index contributed by atoms with van der Waals surface area (Å²) in [7, 11) is 4.22. The summed E-state index contributed by atoms with van der Waals surface area (Å²) in [6.07, 6.45) is -8.79. The van der Waals surface area contributed by atoms with E-state index in [0.717, 1.165) is 5.56 Å². The molecule has 6 N–H and O–H groups in total. The minimum Gasteiger partial charge on any atom is -0.504 e. The largest absolute Gasteiger partial charge is 0.504 e. The predicted octanol–water partition coefficient (Wildman–Crippen LogP) is -0.213. The standard InChI is InChI=1S/C27H34O13/c1-34-16-6-12(4-5-15(16)29)23-14-10-37-25(27(14,33)11-38-23)13-7-17(35-2)24(18(8-13)36-3)40-26-22(32)21(31)20(30)19(9-28)39-26/h4-8,14,19-23,25-26,28-33H,9-11H2,1-3H3/t14-,19+,20+,21-,22+,23-,25-,26-,27-/m1/s1. The molecule has 13 nitrogen and oxygen atoms in total. The number of aliphatic hydroxyl groups is 5. The number of phenols is 1. The van der Waals surface area contributed by atoms with Crippen molar-refractivity contribution in [3.05, 3.63) is 41.5 Å². The van der Waals surface area contributed by atoms with Crippen LogP contribution in [0.15, 0.2) is 30.3 Å². The van der Waals surface area contributed by atoms with Crippen molar-refractivity contribution in [2.24, 2.45) is 5.92 Å². The van der Waals surface area contributed by atoms with Crippen molar-refractivity contribution >= 4 is 0 Å². The molecule has 0 unspecified atom stereocenters. The maximum absolute atomic E-state index is 11.8. The molecule has 3 fully saturated rings. The van der Waals surface area contributed by atoms with Crippen molar-refractivity contribution in [2.45, 2.75) is 48.5 Å². The van der Waals surface area contributed by atoms with Crippen molar-refractivity contribution in [2.75, 3.05) is 41.2 Å². The van der Waals surface area contributed by atoms with E-state index in [9.17, 15) is 30.6 Å². The summed E-state index contributed by atoms with van der Waals surface area (Å²) in [5, 5.41) is 61.9. The zero-order chi connectivity index (χ0) is 28.8. The van der Waals surface area contributed by atoms with Gasteiger partial charge in [-0.15, -0.1) is 0 Å². The fourth-order valence-electron chi connectivity index (χ4n) is 5.59. The predicted molar refractivity (Wildman–Crippen MR) is 134 cm³/mol. The first-order chi connectivity index (χ1) is 19.2. The van der Waals surface area contributed by atoms with Crippen LogP contribution in [0.3, 0.4) is 0 Å². The van der Waals surface area contributed by atoms with E-state index in [2.05, 4.69) is 0 Å². The quantitative estimate of drug-likeness (QED) is 0.247. The Morgan fingerprint density at radius 3 is 2.15 bits per heavy atom. The van der Waals surface area contributed by atoms with Gasteiger partial charge in [-0.2, -0.15) is 0 Å². The maximum Gasteiger partial charge on any atom is 0.229 e. The van der Waals surface area contributed by atoms with E-state index in [1.165, 1.54) is 27.4 Å². The van der Waals surface area contributed by atoms with Crippen molar-refractivity contribution in [1.82, 2.24) is 0 Å². The Kier molecular flexibility index (Phi) is 8.01. The normalized spacial score (nSPS) is 35.3. The van der Waals surface area contributed by atoms with Gasteiger partial charge in [0.05, 0.1) is 47.3 Å². The Bertz CT molecular complexity index is 1180. The van der Waals surface area contributed by atoms with Crippen LogP contribution < -0.4 is 18.9 Å². The smallest absolute Gasteiger partial charge is 0.229 e. The third kappa shape index (κ3) is 4.72. The monoisotopic (exact) mass is 566 g/mol. The van der Waals surface area contributed by atoms with Crippen LogP contribution in [-0.4, -0.2) is 108 Å². The summed E-state index contributed by atoms with van der Waals surface area (Å²) < 4.78 is 39.7. The number of benzene rings is 2. The van der Waals surface area contributed by atoms with E-state index in [-0.39, 0.29) is 42.0 Å². The lowest BCUT2D eigenvalue weighted by molar-refractivity contribution is -0.277. The first-order valence-electron chi connectivity index (χ1n) is 12.7. The number of ether oxygens (including phenoxy) is 7. The lowest BCUT2D eigenvalue weighted by atomic mass is 9.81. The van der Waals surface area contributed by atoms with Crippen LogP contribution in [0.2, 0.25) is 0 Å². The second-order valence-electron chi connectivity index (χ2n) is 10.0. The van der Waals surface area contributed by atoms with Crippen LogP contribution in [-0.2, 0) is 14.2 Å². The number of hydrogen-bond acceptors (Lipinski definition) is 13. The summed E-state index contributed by atoms with van der Waals surface area (Å²) in [5.74, 6) is 0.174. The van der Waals surface area contributed by atoms with Gasteiger partial charge in [0.1, 0.15) is 36.1 Å².